The van der Waals surface area contributed by atoms with Crippen molar-refractivity contribution in [1.82, 2.24) is 4.90 Å². The summed E-state index contributed by atoms with van der Waals surface area (Å²) in [6, 6.07) is 11.0. The highest BCUT2D eigenvalue weighted by Crippen LogP contribution is 2.40. The number of rotatable bonds is 6. The van der Waals surface area contributed by atoms with E-state index in [1.54, 1.807) is 6.07 Å². The molecule has 0 aromatic heterocycles. The average Bonchev–Trinajstić information content (AvgIpc) is 3.07. The minimum atomic E-state index is -0.850. The van der Waals surface area contributed by atoms with Gasteiger partial charge < -0.3 is 9.84 Å². The van der Waals surface area contributed by atoms with E-state index in [1.165, 1.54) is 12.1 Å². The number of halogens is 2. The number of likely N-dealkylation sites (tertiary alicyclic amines) is 1. The van der Waals surface area contributed by atoms with Gasteiger partial charge in [-0.1, -0.05) is 28.1 Å². The summed E-state index contributed by atoms with van der Waals surface area (Å²) in [5.74, 6) is -0.510. The summed E-state index contributed by atoms with van der Waals surface area (Å²) < 4.78 is 20.6. The summed E-state index contributed by atoms with van der Waals surface area (Å²) in [4.78, 5) is 13.7. The van der Waals surface area contributed by atoms with Crippen LogP contribution in [0, 0.1) is 5.82 Å². The Kier molecular flexibility index (Phi) is 5.94. The van der Waals surface area contributed by atoms with Crippen LogP contribution >= 0.6 is 15.9 Å². The first-order valence-electron chi connectivity index (χ1n) is 8.67. The monoisotopic (exact) mass is 421 g/mol. The van der Waals surface area contributed by atoms with Gasteiger partial charge in [0.15, 0.2) is 0 Å². The van der Waals surface area contributed by atoms with Gasteiger partial charge in [0.25, 0.3) is 0 Å². The van der Waals surface area contributed by atoms with Gasteiger partial charge in [0.2, 0.25) is 0 Å². The average molecular weight is 422 g/mol. The second-order valence-electron chi connectivity index (χ2n) is 6.31. The lowest BCUT2D eigenvalue weighted by atomic mass is 9.95. The van der Waals surface area contributed by atoms with Gasteiger partial charge in [0, 0.05) is 16.6 Å². The van der Waals surface area contributed by atoms with Crippen LogP contribution in [0.25, 0.3) is 0 Å². The Hall–Kier alpha value is -1.92. The van der Waals surface area contributed by atoms with Gasteiger partial charge in [-0.3, -0.25) is 9.69 Å². The number of carboxylic acids is 1. The van der Waals surface area contributed by atoms with E-state index in [-0.39, 0.29) is 5.82 Å². The zero-order chi connectivity index (χ0) is 18.7. The van der Waals surface area contributed by atoms with Gasteiger partial charge in [-0.25, -0.2) is 4.39 Å². The molecule has 0 saturated carbocycles. The van der Waals surface area contributed by atoms with Crippen LogP contribution in [-0.2, 0) is 4.79 Å². The van der Waals surface area contributed by atoms with E-state index in [0.29, 0.717) is 25.3 Å². The molecule has 26 heavy (non-hydrogen) atoms. The highest BCUT2D eigenvalue weighted by atomic mass is 79.9. The molecule has 2 aromatic rings. The fourth-order valence-electron chi connectivity index (χ4n) is 3.61. The summed E-state index contributed by atoms with van der Waals surface area (Å²) in [5, 5.41) is 9.65. The van der Waals surface area contributed by atoms with Crippen LogP contribution < -0.4 is 4.74 Å². The molecule has 0 bridgehead atoms. The lowest BCUT2D eigenvalue weighted by molar-refractivity contribution is -0.142. The van der Waals surface area contributed by atoms with Crippen molar-refractivity contribution >= 4 is 21.9 Å². The van der Waals surface area contributed by atoms with Crippen molar-refractivity contribution in [2.75, 3.05) is 13.2 Å². The predicted molar refractivity (Wildman–Crippen MR) is 101 cm³/mol. The van der Waals surface area contributed by atoms with E-state index < -0.39 is 18.1 Å². The van der Waals surface area contributed by atoms with Crippen LogP contribution in [0.15, 0.2) is 46.9 Å². The highest BCUT2D eigenvalue weighted by molar-refractivity contribution is 9.10. The maximum absolute atomic E-state index is 13.9. The van der Waals surface area contributed by atoms with Gasteiger partial charge >= 0.3 is 5.97 Å². The summed E-state index contributed by atoms with van der Waals surface area (Å²) >= 11 is 3.49. The molecule has 1 aliphatic rings. The number of ether oxygens (including phenoxy) is 1. The van der Waals surface area contributed by atoms with E-state index in [9.17, 15) is 14.3 Å². The first kappa shape index (κ1) is 18.9. The highest BCUT2D eigenvalue weighted by Gasteiger charge is 2.38. The molecule has 4 nitrogen and oxygen atoms in total. The van der Waals surface area contributed by atoms with E-state index >= 15 is 0 Å². The van der Waals surface area contributed by atoms with E-state index in [0.717, 1.165) is 22.0 Å². The molecule has 0 radical (unpaired) electrons. The molecule has 2 aromatic carbocycles. The van der Waals surface area contributed by atoms with Gasteiger partial charge in [0.05, 0.1) is 12.6 Å². The maximum atomic E-state index is 13.9. The predicted octanol–water partition coefficient (Wildman–Crippen LogP) is 4.63. The van der Waals surface area contributed by atoms with Crippen LogP contribution in [0.3, 0.4) is 0 Å². The van der Waals surface area contributed by atoms with Crippen LogP contribution in [0.2, 0.25) is 0 Å². The van der Waals surface area contributed by atoms with Crippen molar-refractivity contribution in [3.05, 3.63) is 63.9 Å². The Morgan fingerprint density at radius 2 is 2.19 bits per heavy atom. The Bertz CT molecular complexity index is 798. The summed E-state index contributed by atoms with van der Waals surface area (Å²) in [7, 11) is 0. The van der Waals surface area contributed by atoms with Crippen molar-refractivity contribution in [2.24, 2.45) is 0 Å². The SMILES string of the molecule is CCOc1ccc(Br)cc1C(c1cccc(F)c1)N1CCCC1C(=O)O. The number of carboxylic acid groups (broad SMARTS) is 1. The topological polar surface area (TPSA) is 49.8 Å². The molecule has 1 fully saturated rings. The molecule has 1 heterocycles. The number of nitrogens with zero attached hydrogens (tertiary/aromatic N) is 1. The fraction of sp³-hybridized carbons (Fsp3) is 0.350. The van der Waals surface area contributed by atoms with Crippen LogP contribution in [0.1, 0.15) is 36.9 Å². The van der Waals surface area contributed by atoms with Crippen LogP contribution in [0.5, 0.6) is 5.75 Å². The lowest BCUT2D eigenvalue weighted by Crippen LogP contribution is -2.39. The van der Waals surface area contributed by atoms with Crippen molar-refractivity contribution in [1.29, 1.82) is 0 Å². The van der Waals surface area contributed by atoms with Gasteiger partial charge in [-0.15, -0.1) is 0 Å². The molecule has 1 aliphatic heterocycles. The van der Waals surface area contributed by atoms with E-state index in [1.807, 2.05) is 36.1 Å². The van der Waals surface area contributed by atoms with Crippen molar-refractivity contribution in [2.45, 2.75) is 31.8 Å². The van der Waals surface area contributed by atoms with E-state index in [2.05, 4.69) is 15.9 Å². The first-order chi connectivity index (χ1) is 12.5. The number of carbonyl (C=O) groups is 1. The molecule has 0 aliphatic carbocycles. The van der Waals surface area contributed by atoms with Gasteiger partial charge in [0.1, 0.15) is 17.6 Å². The molecule has 6 heteroatoms. The molecule has 0 amide bonds. The van der Waals surface area contributed by atoms with Crippen LogP contribution in [-0.4, -0.2) is 35.2 Å². The van der Waals surface area contributed by atoms with Crippen LogP contribution in [0.4, 0.5) is 4.39 Å². The molecular weight excluding hydrogens is 401 g/mol. The largest absolute Gasteiger partial charge is 0.494 e. The zero-order valence-corrected chi connectivity index (χ0v) is 16.1. The third kappa shape index (κ3) is 3.91. The minimum absolute atomic E-state index is 0.341. The standard InChI is InChI=1S/C20H21BrFNO3/c1-2-26-18-9-8-14(21)12-16(18)19(13-5-3-6-15(22)11-13)23-10-4-7-17(23)20(24)25/h3,5-6,8-9,11-12,17,19H,2,4,7,10H2,1H3,(H,24,25). The third-order valence-corrected chi connectivity index (χ3v) is 5.13. The lowest BCUT2D eigenvalue weighted by Gasteiger charge is -2.33. The number of benzene rings is 2. The molecule has 3 rings (SSSR count). The van der Waals surface area contributed by atoms with Crippen molar-refractivity contribution in [3.63, 3.8) is 0 Å². The molecule has 2 unspecified atom stereocenters. The Balaban J connectivity index is 2.15. The Morgan fingerprint density at radius 1 is 1.38 bits per heavy atom. The smallest absolute Gasteiger partial charge is 0.320 e. The number of hydrogen-bond donors (Lipinski definition) is 1. The quantitative estimate of drug-likeness (QED) is 0.738. The van der Waals surface area contributed by atoms with E-state index in [4.69, 9.17) is 4.74 Å². The molecule has 0 spiro atoms. The molecule has 2 atom stereocenters. The third-order valence-electron chi connectivity index (χ3n) is 4.64. The molecule has 138 valence electrons. The Labute approximate surface area is 160 Å². The minimum Gasteiger partial charge on any atom is -0.494 e. The molecule has 1 saturated heterocycles. The summed E-state index contributed by atoms with van der Waals surface area (Å²) in [6.07, 6.45) is 1.37. The van der Waals surface area contributed by atoms with Crippen molar-refractivity contribution in [3.8, 4) is 5.75 Å². The number of aliphatic carboxylic acids is 1. The maximum Gasteiger partial charge on any atom is 0.320 e. The Morgan fingerprint density at radius 3 is 2.88 bits per heavy atom. The second-order valence-corrected chi connectivity index (χ2v) is 7.22. The second kappa shape index (κ2) is 8.18. The van der Waals surface area contributed by atoms with Gasteiger partial charge in [-0.05, 0) is 55.7 Å². The zero-order valence-electron chi connectivity index (χ0n) is 14.5. The summed E-state index contributed by atoms with van der Waals surface area (Å²) in [6.45, 7) is 3.03. The fourth-order valence-corrected chi connectivity index (χ4v) is 3.99. The molecular formula is C20H21BrFNO3. The summed E-state index contributed by atoms with van der Waals surface area (Å²) in [5.41, 5.74) is 1.55. The van der Waals surface area contributed by atoms with Crippen molar-refractivity contribution < 1.29 is 19.0 Å². The first-order valence-corrected chi connectivity index (χ1v) is 9.46. The van der Waals surface area contributed by atoms with Gasteiger partial charge in [-0.2, -0.15) is 0 Å². The normalized spacial score (nSPS) is 18.7. The molecule has 1 N–H and O–H groups in total. The number of hydrogen-bond acceptors (Lipinski definition) is 3.